The van der Waals surface area contributed by atoms with Crippen LogP contribution in [0.2, 0.25) is 0 Å². The molecule has 0 aliphatic carbocycles. The highest BCUT2D eigenvalue weighted by Gasteiger charge is 2.23. The largest absolute Gasteiger partial charge is 0.395 e. The summed E-state index contributed by atoms with van der Waals surface area (Å²) in [6.45, 7) is 6.27. The lowest BCUT2D eigenvalue weighted by molar-refractivity contribution is 0.132. The maximum absolute atomic E-state index is 8.84. The fourth-order valence-electron chi connectivity index (χ4n) is 1.47. The lowest BCUT2D eigenvalue weighted by atomic mass is 9.93. The Labute approximate surface area is 86.7 Å². The lowest BCUT2D eigenvalue weighted by Crippen LogP contribution is -2.50. The van der Waals surface area contributed by atoms with Gasteiger partial charge in [-0.2, -0.15) is 0 Å². The number of nitrogens with two attached hydrogens (primary N) is 1. The zero-order chi connectivity index (χ0) is 11.0. The van der Waals surface area contributed by atoms with Gasteiger partial charge in [0.05, 0.1) is 13.2 Å². The van der Waals surface area contributed by atoms with Crippen molar-refractivity contribution in [1.29, 1.82) is 0 Å². The Morgan fingerprint density at radius 2 is 1.50 bits per heavy atom. The van der Waals surface area contributed by atoms with E-state index in [9.17, 15) is 0 Å². The van der Waals surface area contributed by atoms with Gasteiger partial charge in [-0.05, 0) is 12.8 Å². The van der Waals surface area contributed by atoms with Gasteiger partial charge in [0, 0.05) is 25.2 Å². The van der Waals surface area contributed by atoms with Crippen molar-refractivity contribution in [1.82, 2.24) is 4.90 Å². The van der Waals surface area contributed by atoms with Gasteiger partial charge in [-0.15, -0.1) is 0 Å². The maximum Gasteiger partial charge on any atom is 0.0558 e. The topological polar surface area (TPSA) is 69.7 Å². The molecule has 86 valence electrons. The van der Waals surface area contributed by atoms with Gasteiger partial charge in [0.1, 0.15) is 0 Å². The molecule has 0 spiro atoms. The second-order valence-corrected chi connectivity index (χ2v) is 3.79. The van der Waals surface area contributed by atoms with Crippen LogP contribution in [0.4, 0.5) is 0 Å². The highest BCUT2D eigenvalue weighted by Crippen LogP contribution is 2.12. The molecule has 0 aliphatic heterocycles. The molecule has 0 radical (unpaired) electrons. The molecule has 0 heterocycles. The molecular formula is C10H24N2O2. The van der Waals surface area contributed by atoms with Crippen LogP contribution in [0.15, 0.2) is 0 Å². The number of aliphatic hydroxyl groups is 2. The number of aliphatic hydroxyl groups excluding tert-OH is 2. The standard InChI is InChI=1S/C10H24N2O2/c1-3-10(11,4-2)9-12(5-7-13)6-8-14/h13-14H,3-9,11H2,1-2H3. The summed E-state index contributed by atoms with van der Waals surface area (Å²) < 4.78 is 0. The third kappa shape index (κ3) is 4.91. The van der Waals surface area contributed by atoms with Crippen molar-refractivity contribution in [2.45, 2.75) is 32.2 Å². The van der Waals surface area contributed by atoms with Gasteiger partial charge < -0.3 is 15.9 Å². The van der Waals surface area contributed by atoms with Crippen LogP contribution >= 0.6 is 0 Å². The van der Waals surface area contributed by atoms with E-state index in [0.717, 1.165) is 19.4 Å². The first-order chi connectivity index (χ1) is 6.61. The summed E-state index contributed by atoms with van der Waals surface area (Å²) in [5.41, 5.74) is 5.96. The summed E-state index contributed by atoms with van der Waals surface area (Å²) in [4.78, 5) is 2.01. The van der Waals surface area contributed by atoms with Crippen molar-refractivity contribution in [3.63, 3.8) is 0 Å². The van der Waals surface area contributed by atoms with Crippen LogP contribution in [0.1, 0.15) is 26.7 Å². The average Bonchev–Trinajstić information content (AvgIpc) is 2.18. The number of hydrogen-bond donors (Lipinski definition) is 3. The van der Waals surface area contributed by atoms with Crippen molar-refractivity contribution in [2.24, 2.45) is 5.73 Å². The summed E-state index contributed by atoms with van der Waals surface area (Å²) in [5.74, 6) is 0. The molecular weight excluding hydrogens is 180 g/mol. The third-order valence-corrected chi connectivity index (χ3v) is 2.78. The smallest absolute Gasteiger partial charge is 0.0558 e. The first kappa shape index (κ1) is 13.8. The molecule has 0 aromatic carbocycles. The summed E-state index contributed by atoms with van der Waals surface area (Å²) in [6, 6.07) is 0. The number of nitrogens with zero attached hydrogens (tertiary/aromatic N) is 1. The van der Waals surface area contributed by atoms with Crippen molar-refractivity contribution >= 4 is 0 Å². The predicted molar refractivity (Wildman–Crippen MR) is 58.1 cm³/mol. The van der Waals surface area contributed by atoms with E-state index >= 15 is 0 Å². The second-order valence-electron chi connectivity index (χ2n) is 3.79. The molecule has 0 aromatic heterocycles. The number of hydrogen-bond acceptors (Lipinski definition) is 4. The molecule has 4 N–H and O–H groups in total. The van der Waals surface area contributed by atoms with E-state index in [4.69, 9.17) is 15.9 Å². The van der Waals surface area contributed by atoms with Crippen LogP contribution in [-0.2, 0) is 0 Å². The molecule has 0 rings (SSSR count). The lowest BCUT2D eigenvalue weighted by Gasteiger charge is -2.33. The second kappa shape index (κ2) is 7.17. The van der Waals surface area contributed by atoms with Crippen LogP contribution in [0.5, 0.6) is 0 Å². The molecule has 0 bridgehead atoms. The summed E-state index contributed by atoms with van der Waals surface area (Å²) in [6.07, 6.45) is 1.83. The Kier molecular flexibility index (Phi) is 7.09. The van der Waals surface area contributed by atoms with Crippen LogP contribution in [0.25, 0.3) is 0 Å². The van der Waals surface area contributed by atoms with Crippen LogP contribution < -0.4 is 5.73 Å². The van der Waals surface area contributed by atoms with Crippen LogP contribution in [-0.4, -0.2) is 53.5 Å². The normalized spacial score (nSPS) is 12.4. The zero-order valence-corrected chi connectivity index (χ0v) is 9.37. The highest BCUT2D eigenvalue weighted by atomic mass is 16.3. The van der Waals surface area contributed by atoms with E-state index in [0.29, 0.717) is 13.1 Å². The Bertz CT molecular complexity index is 132. The first-order valence-electron chi connectivity index (χ1n) is 5.34. The van der Waals surface area contributed by atoms with Gasteiger partial charge >= 0.3 is 0 Å². The highest BCUT2D eigenvalue weighted by molar-refractivity contribution is 4.84. The van der Waals surface area contributed by atoms with Gasteiger partial charge in [-0.3, -0.25) is 4.90 Å². The minimum absolute atomic E-state index is 0.115. The van der Waals surface area contributed by atoms with Gasteiger partial charge in [0.25, 0.3) is 0 Å². The fraction of sp³-hybridized carbons (Fsp3) is 1.00. The minimum Gasteiger partial charge on any atom is -0.395 e. The van der Waals surface area contributed by atoms with Crippen molar-refractivity contribution in [3.8, 4) is 0 Å². The van der Waals surface area contributed by atoms with E-state index in [1.165, 1.54) is 0 Å². The average molecular weight is 204 g/mol. The van der Waals surface area contributed by atoms with E-state index < -0.39 is 0 Å². The number of rotatable bonds is 8. The van der Waals surface area contributed by atoms with Gasteiger partial charge in [-0.25, -0.2) is 0 Å². The van der Waals surface area contributed by atoms with Gasteiger partial charge in [-0.1, -0.05) is 13.8 Å². The van der Waals surface area contributed by atoms with Crippen molar-refractivity contribution < 1.29 is 10.2 Å². The van der Waals surface area contributed by atoms with E-state index in [2.05, 4.69) is 13.8 Å². The fourth-order valence-corrected chi connectivity index (χ4v) is 1.47. The van der Waals surface area contributed by atoms with Crippen LogP contribution in [0, 0.1) is 0 Å². The Balaban J connectivity index is 4.10. The van der Waals surface area contributed by atoms with Crippen molar-refractivity contribution in [2.75, 3.05) is 32.8 Å². The molecule has 4 heteroatoms. The minimum atomic E-state index is -0.190. The van der Waals surface area contributed by atoms with E-state index in [1.54, 1.807) is 0 Å². The SMILES string of the molecule is CCC(N)(CC)CN(CCO)CCO. The molecule has 4 nitrogen and oxygen atoms in total. The monoisotopic (exact) mass is 204 g/mol. The molecule has 0 amide bonds. The molecule has 0 aromatic rings. The van der Waals surface area contributed by atoms with Gasteiger partial charge in [0.15, 0.2) is 0 Å². The molecule has 0 aliphatic rings. The molecule has 0 saturated carbocycles. The quantitative estimate of drug-likeness (QED) is 0.512. The zero-order valence-electron chi connectivity index (χ0n) is 9.37. The van der Waals surface area contributed by atoms with E-state index in [1.807, 2.05) is 4.90 Å². The molecule has 0 unspecified atom stereocenters. The third-order valence-electron chi connectivity index (χ3n) is 2.78. The Morgan fingerprint density at radius 3 is 1.79 bits per heavy atom. The summed E-state index contributed by atoms with van der Waals surface area (Å²) >= 11 is 0. The predicted octanol–water partition coefficient (Wildman–Crippen LogP) is -0.209. The van der Waals surface area contributed by atoms with Crippen molar-refractivity contribution in [3.05, 3.63) is 0 Å². The Morgan fingerprint density at radius 1 is 1.07 bits per heavy atom. The van der Waals surface area contributed by atoms with Gasteiger partial charge in [0.2, 0.25) is 0 Å². The van der Waals surface area contributed by atoms with Crippen LogP contribution in [0.3, 0.4) is 0 Å². The summed E-state index contributed by atoms with van der Waals surface area (Å²) in [7, 11) is 0. The molecule has 14 heavy (non-hydrogen) atoms. The van der Waals surface area contributed by atoms with E-state index in [-0.39, 0.29) is 18.8 Å². The Hall–Kier alpha value is -0.160. The maximum atomic E-state index is 8.84. The molecule has 0 saturated heterocycles. The molecule has 0 atom stereocenters. The first-order valence-corrected chi connectivity index (χ1v) is 5.34. The molecule has 0 fully saturated rings. The summed E-state index contributed by atoms with van der Waals surface area (Å²) in [5, 5.41) is 17.7.